The fourth-order valence-corrected chi connectivity index (χ4v) is 2.96. The van der Waals surface area contributed by atoms with Crippen LogP contribution in [-0.2, 0) is 4.79 Å². The fraction of sp³-hybridized carbons (Fsp3) is 0.529. The third-order valence-electron chi connectivity index (χ3n) is 4.20. The smallest absolute Gasteiger partial charge is 0.314 e. The van der Waals surface area contributed by atoms with E-state index in [4.69, 9.17) is 0 Å². The third kappa shape index (κ3) is 4.69. The number of likely N-dealkylation sites (N-methyl/N-ethyl adjacent to an activating group) is 1. The summed E-state index contributed by atoms with van der Waals surface area (Å²) in [5.41, 5.74) is 1.11. The van der Waals surface area contributed by atoms with Crippen molar-refractivity contribution in [1.29, 1.82) is 0 Å². The lowest BCUT2D eigenvalue weighted by molar-refractivity contribution is -0.127. The molecule has 6 nitrogen and oxygen atoms in total. The number of amides is 3. The summed E-state index contributed by atoms with van der Waals surface area (Å²) >= 11 is 0. The van der Waals surface area contributed by atoms with Crippen molar-refractivity contribution < 1.29 is 9.59 Å². The van der Waals surface area contributed by atoms with Gasteiger partial charge in [-0.25, -0.2) is 4.79 Å². The van der Waals surface area contributed by atoms with Gasteiger partial charge in [0, 0.05) is 39.0 Å². The molecule has 23 heavy (non-hydrogen) atoms. The number of hydrogen-bond acceptors (Lipinski definition) is 3. The Morgan fingerprint density at radius 1 is 1.26 bits per heavy atom. The monoisotopic (exact) mass is 318 g/mol. The Morgan fingerprint density at radius 2 is 1.96 bits per heavy atom. The van der Waals surface area contributed by atoms with Crippen molar-refractivity contribution in [2.24, 2.45) is 5.92 Å². The highest BCUT2D eigenvalue weighted by Crippen LogP contribution is 2.36. The van der Waals surface area contributed by atoms with Gasteiger partial charge in [0.2, 0.25) is 5.91 Å². The topological polar surface area (TPSA) is 64.7 Å². The Morgan fingerprint density at radius 3 is 2.61 bits per heavy atom. The standard InChI is InChI=1S/C17H26N4O2/c1-20(2)10-9-18-17(23)19-12-14-11-15(22)21(3)16(14)13-7-5-4-6-8-13/h4-8,14,16H,9-12H2,1-3H3,(H2,18,19,23)/t14-,16-/m1/s1. The zero-order valence-corrected chi connectivity index (χ0v) is 14.1. The predicted molar refractivity (Wildman–Crippen MR) is 90.0 cm³/mol. The molecule has 1 saturated heterocycles. The Kier molecular flexibility index (Phi) is 5.98. The molecule has 0 unspecified atom stereocenters. The Hall–Kier alpha value is -2.08. The molecule has 126 valence electrons. The van der Waals surface area contributed by atoms with Crippen molar-refractivity contribution in [2.75, 3.05) is 40.8 Å². The van der Waals surface area contributed by atoms with Crippen LogP contribution in [0.1, 0.15) is 18.0 Å². The van der Waals surface area contributed by atoms with E-state index in [2.05, 4.69) is 10.6 Å². The van der Waals surface area contributed by atoms with E-state index in [1.54, 1.807) is 4.90 Å². The number of likely N-dealkylation sites (tertiary alicyclic amines) is 1. The van der Waals surface area contributed by atoms with Gasteiger partial charge < -0.3 is 20.4 Å². The summed E-state index contributed by atoms with van der Waals surface area (Å²) in [6.07, 6.45) is 0.466. The van der Waals surface area contributed by atoms with Crippen LogP contribution in [0.4, 0.5) is 4.79 Å². The van der Waals surface area contributed by atoms with E-state index in [1.165, 1.54) is 0 Å². The molecule has 2 atom stereocenters. The van der Waals surface area contributed by atoms with E-state index in [1.807, 2.05) is 56.4 Å². The van der Waals surface area contributed by atoms with Gasteiger partial charge in [0.1, 0.15) is 0 Å². The summed E-state index contributed by atoms with van der Waals surface area (Å²) in [5.74, 6) is 0.216. The molecule has 3 amide bonds. The molecule has 2 N–H and O–H groups in total. The van der Waals surface area contributed by atoms with Crippen LogP contribution in [0.15, 0.2) is 30.3 Å². The lowest BCUT2D eigenvalue weighted by Gasteiger charge is -2.25. The first-order valence-electron chi connectivity index (χ1n) is 7.96. The third-order valence-corrected chi connectivity index (χ3v) is 4.20. The van der Waals surface area contributed by atoms with Crippen LogP contribution in [0.25, 0.3) is 0 Å². The van der Waals surface area contributed by atoms with Crippen LogP contribution in [0, 0.1) is 5.92 Å². The number of carbonyl (C=O) groups excluding carboxylic acids is 2. The fourth-order valence-electron chi connectivity index (χ4n) is 2.96. The molecule has 1 aliphatic rings. The predicted octanol–water partition coefficient (Wildman–Crippen LogP) is 1.07. The number of hydrogen-bond donors (Lipinski definition) is 2. The first-order chi connectivity index (χ1) is 11.0. The largest absolute Gasteiger partial charge is 0.338 e. The summed E-state index contributed by atoms with van der Waals surface area (Å²) in [5, 5.41) is 5.72. The van der Waals surface area contributed by atoms with E-state index in [0.717, 1.165) is 12.1 Å². The van der Waals surface area contributed by atoms with E-state index >= 15 is 0 Å². The zero-order valence-electron chi connectivity index (χ0n) is 14.1. The summed E-state index contributed by atoms with van der Waals surface area (Å²) in [6.45, 7) is 1.89. The van der Waals surface area contributed by atoms with Crippen molar-refractivity contribution in [1.82, 2.24) is 20.4 Å². The molecule has 0 aliphatic carbocycles. The van der Waals surface area contributed by atoms with Gasteiger partial charge in [-0.3, -0.25) is 4.79 Å². The Labute approximate surface area is 137 Å². The van der Waals surface area contributed by atoms with Crippen molar-refractivity contribution in [3.8, 4) is 0 Å². The van der Waals surface area contributed by atoms with Crippen molar-refractivity contribution in [3.05, 3.63) is 35.9 Å². The first-order valence-corrected chi connectivity index (χ1v) is 7.96. The maximum Gasteiger partial charge on any atom is 0.314 e. The highest BCUT2D eigenvalue weighted by Gasteiger charge is 2.38. The van der Waals surface area contributed by atoms with Gasteiger partial charge in [0.15, 0.2) is 0 Å². The second kappa shape index (κ2) is 7.97. The van der Waals surface area contributed by atoms with E-state index < -0.39 is 0 Å². The van der Waals surface area contributed by atoms with Crippen LogP contribution < -0.4 is 10.6 Å². The highest BCUT2D eigenvalue weighted by molar-refractivity contribution is 5.80. The number of benzene rings is 1. The van der Waals surface area contributed by atoms with E-state index in [0.29, 0.717) is 19.5 Å². The van der Waals surface area contributed by atoms with Gasteiger partial charge >= 0.3 is 6.03 Å². The minimum atomic E-state index is -0.180. The van der Waals surface area contributed by atoms with Gasteiger partial charge in [0.05, 0.1) is 6.04 Å². The number of urea groups is 1. The number of nitrogens with one attached hydrogen (secondary N) is 2. The first kappa shape index (κ1) is 17.3. The van der Waals surface area contributed by atoms with Gasteiger partial charge in [-0.2, -0.15) is 0 Å². The summed E-state index contributed by atoms with van der Waals surface area (Å²) < 4.78 is 0. The van der Waals surface area contributed by atoms with Crippen LogP contribution in [0.3, 0.4) is 0 Å². The molecule has 0 spiro atoms. The van der Waals surface area contributed by atoms with Gasteiger partial charge in [-0.15, -0.1) is 0 Å². The molecule has 0 radical (unpaired) electrons. The van der Waals surface area contributed by atoms with Crippen LogP contribution >= 0.6 is 0 Å². The Balaban J connectivity index is 1.90. The quantitative estimate of drug-likeness (QED) is 0.824. The molecule has 1 aliphatic heterocycles. The van der Waals surface area contributed by atoms with Crippen LogP contribution in [0.5, 0.6) is 0 Å². The summed E-state index contributed by atoms with van der Waals surface area (Å²) in [6, 6.07) is 9.82. The summed E-state index contributed by atoms with van der Waals surface area (Å²) in [4.78, 5) is 27.7. The molecule has 1 aromatic carbocycles. The number of nitrogens with zero attached hydrogens (tertiary/aromatic N) is 2. The molecular weight excluding hydrogens is 292 g/mol. The second-order valence-corrected chi connectivity index (χ2v) is 6.26. The second-order valence-electron chi connectivity index (χ2n) is 6.26. The molecule has 6 heteroatoms. The average molecular weight is 318 g/mol. The lowest BCUT2D eigenvalue weighted by Crippen LogP contribution is -2.41. The van der Waals surface area contributed by atoms with E-state index in [9.17, 15) is 9.59 Å². The molecule has 2 rings (SSSR count). The van der Waals surface area contributed by atoms with Crippen molar-refractivity contribution in [3.63, 3.8) is 0 Å². The van der Waals surface area contributed by atoms with Gasteiger partial charge in [-0.1, -0.05) is 30.3 Å². The van der Waals surface area contributed by atoms with Gasteiger partial charge in [-0.05, 0) is 19.7 Å². The number of rotatable bonds is 6. The molecular formula is C17H26N4O2. The van der Waals surface area contributed by atoms with Crippen LogP contribution in [0.2, 0.25) is 0 Å². The SMILES string of the molecule is CN(C)CCNC(=O)NC[C@H]1CC(=O)N(C)[C@@H]1c1ccccc1. The molecule has 0 saturated carbocycles. The highest BCUT2D eigenvalue weighted by atomic mass is 16.2. The lowest BCUT2D eigenvalue weighted by atomic mass is 9.94. The van der Waals surface area contributed by atoms with Crippen molar-refractivity contribution in [2.45, 2.75) is 12.5 Å². The molecule has 1 fully saturated rings. The van der Waals surface area contributed by atoms with Crippen LogP contribution in [-0.4, -0.2) is 62.5 Å². The zero-order chi connectivity index (χ0) is 16.8. The van der Waals surface area contributed by atoms with Gasteiger partial charge in [0.25, 0.3) is 0 Å². The minimum Gasteiger partial charge on any atom is -0.338 e. The maximum atomic E-state index is 12.1. The molecule has 0 bridgehead atoms. The molecule has 1 heterocycles. The number of carbonyl (C=O) groups is 2. The Bertz CT molecular complexity index is 533. The normalized spacial score (nSPS) is 20.9. The van der Waals surface area contributed by atoms with Crippen molar-refractivity contribution >= 4 is 11.9 Å². The molecule has 1 aromatic rings. The maximum absolute atomic E-state index is 12.1. The minimum absolute atomic E-state index is 0.0192. The summed E-state index contributed by atoms with van der Waals surface area (Å²) in [7, 11) is 5.76. The average Bonchev–Trinajstić information content (AvgIpc) is 2.80. The van der Waals surface area contributed by atoms with E-state index in [-0.39, 0.29) is 23.9 Å². The molecule has 0 aromatic heterocycles.